The molecule has 5 N–H and O–H groups in total. The van der Waals surface area contributed by atoms with Crippen LogP contribution in [-0.2, 0) is 40.1 Å². The number of halogens is 6. The lowest BCUT2D eigenvalue weighted by Gasteiger charge is -2.28. The van der Waals surface area contributed by atoms with Gasteiger partial charge in [0.25, 0.3) is 17.7 Å². The molecule has 34 nitrogen and oxygen atoms in total. The highest BCUT2D eigenvalue weighted by molar-refractivity contribution is 7.14. The van der Waals surface area contributed by atoms with Crippen molar-refractivity contribution in [3.63, 3.8) is 0 Å². The van der Waals surface area contributed by atoms with Crippen LogP contribution in [0.15, 0.2) is 108 Å². The summed E-state index contributed by atoms with van der Waals surface area (Å²) in [6.07, 6.45) is 25.6. The van der Waals surface area contributed by atoms with Gasteiger partial charge in [-0.25, -0.2) is 57.1 Å². The second-order valence-electron chi connectivity index (χ2n) is 34.8. The van der Waals surface area contributed by atoms with Gasteiger partial charge in [0.15, 0.2) is 24.2 Å². The van der Waals surface area contributed by atoms with Gasteiger partial charge in [-0.2, -0.15) is 43.8 Å². The molecule has 3 fully saturated rings. The highest BCUT2D eigenvalue weighted by Gasteiger charge is 2.35. The van der Waals surface area contributed by atoms with Gasteiger partial charge in [0.1, 0.15) is 83.9 Å². The first kappa shape index (κ1) is 101. The molecule has 43 heteroatoms. The van der Waals surface area contributed by atoms with Crippen molar-refractivity contribution in [3.05, 3.63) is 161 Å². The zero-order chi connectivity index (χ0) is 97.3. The van der Waals surface area contributed by atoms with Gasteiger partial charge in [0, 0.05) is 115 Å². The van der Waals surface area contributed by atoms with E-state index in [4.69, 9.17) is 24.7 Å². The fraction of sp³-hybridized carbons (Fsp3) is 0.462. The number of hydrogen-bond donors (Lipinski definition) is 4. The minimum absolute atomic E-state index is 0.00414. The number of hydrogen-bond acceptors (Lipinski definition) is 28. The van der Waals surface area contributed by atoms with Crippen molar-refractivity contribution in [2.45, 2.75) is 228 Å². The van der Waals surface area contributed by atoms with E-state index in [9.17, 15) is 64.7 Å². The summed E-state index contributed by atoms with van der Waals surface area (Å²) in [7, 11) is 0. The van der Waals surface area contributed by atoms with Crippen molar-refractivity contribution in [1.29, 1.82) is 0 Å². The number of nitrogens with one attached hydrogen (secondary N) is 3. The van der Waals surface area contributed by atoms with Crippen molar-refractivity contribution in [2.75, 3.05) is 35.8 Å². The summed E-state index contributed by atoms with van der Waals surface area (Å²) in [6.45, 7) is 22.2. The van der Waals surface area contributed by atoms with Crippen LogP contribution in [0, 0.1) is 64.9 Å². The second kappa shape index (κ2) is 46.4. The molecule has 12 aromatic rings. The van der Waals surface area contributed by atoms with Crippen LogP contribution in [0.5, 0.6) is 0 Å². The Bertz CT molecular complexity index is 5940. The van der Waals surface area contributed by atoms with Gasteiger partial charge in [-0.05, 0) is 179 Å². The van der Waals surface area contributed by atoms with Crippen LogP contribution in [0.3, 0.4) is 0 Å². The Balaban J connectivity index is 0.000000173. The van der Waals surface area contributed by atoms with E-state index < -0.39 is 76.9 Å². The molecule has 0 spiro atoms. The highest BCUT2D eigenvalue weighted by Crippen LogP contribution is 2.41. The average molecular weight is 1940 g/mol. The SMILES string of the molecule is CCOC1CCC(n2cc(NC(=O)c3csc(-c4cnn(C(=O)C(CC(C)=O)CC(C)C)c4)n3)c(-c3nc(F)ccc3F)n2)CC1.CCOC1CCC(n2cc(NC(=O)c3csc(-c4cnn(C(=O)[C@H](CC(C)=O)CC(C)C)c4)n3)c(-c3nc(F)ccc3F)n2)CC1.CCOC1CCC(n2cc(NC(=O)c3csc(-c4cnn(COC(=O)[C@H](N)C(C)C)c4)n3)c(-c3nc(F)ccc3F)n2)CC1. The Morgan fingerprint density at radius 2 is 0.743 bits per heavy atom. The molecule has 0 aliphatic heterocycles. The van der Waals surface area contributed by atoms with Crippen LogP contribution in [-0.4, -0.2) is 180 Å². The molecule has 12 heterocycles. The topological polar surface area (TPSA) is 420 Å². The number of carbonyl (C=O) groups is 8. The zero-order valence-corrected chi connectivity index (χ0v) is 79.4. The fourth-order valence-electron chi connectivity index (χ4n) is 16.4. The van der Waals surface area contributed by atoms with Crippen molar-refractivity contribution in [1.82, 2.24) is 88.6 Å². The number of esters is 1. The van der Waals surface area contributed by atoms with Gasteiger partial charge < -0.3 is 50.2 Å². The third kappa shape index (κ3) is 26.0. The largest absolute Gasteiger partial charge is 0.441 e. The maximum absolute atomic E-state index is 14.8. The number of Topliss-reactive ketones (excluding diaryl/α,β-unsaturated/α-hetero) is 2. The van der Waals surface area contributed by atoms with Gasteiger partial charge in [0.2, 0.25) is 29.7 Å². The van der Waals surface area contributed by atoms with Crippen LogP contribution < -0.4 is 21.7 Å². The molecule has 1 unspecified atom stereocenters. The van der Waals surface area contributed by atoms with E-state index in [-0.39, 0.29) is 165 Å². The predicted molar refractivity (Wildman–Crippen MR) is 495 cm³/mol. The summed E-state index contributed by atoms with van der Waals surface area (Å²) in [5.74, 6) is -8.48. The lowest BCUT2D eigenvalue weighted by atomic mass is 9.92. The van der Waals surface area contributed by atoms with Crippen LogP contribution in [0.25, 0.3) is 65.9 Å². The molecule has 15 rings (SSSR count). The first-order chi connectivity index (χ1) is 65.2. The van der Waals surface area contributed by atoms with E-state index >= 15 is 0 Å². The Kier molecular flexibility index (Phi) is 34.5. The standard InChI is InChI=1S/2C32H37F2N7O4S.C29H34F2N8O4S/c2*1-5-45-23-8-6-22(7-9-23)40-16-25(29(39-40)28-24(33)10-11-27(34)38-28)36-30(43)26-17-46-31(37-26)21-14-35-41(15-21)32(44)20(12-18(2)3)13-19(4)42;1-4-42-19-7-5-18(6-8-19)39-13-21(26(37-39)25-20(30)9-10-23(31)36-25)34-27(40)22-14-44-28(35-22)17-11-33-38(12-17)15-43-29(41)24(32)16(2)3/h2*10-11,14-18,20,22-23H,5-9,12-13H2,1-4H3,(H,36,43);9-14,16,18-19,24H,4-8,15,32H2,1-3H3,(H,34,40)/t20-,22?,23?;;18?,19?,24-/m0.1/s1. The normalized spacial score (nSPS) is 17.4. The number of ether oxygens (including phenoxy) is 4. The maximum Gasteiger partial charge on any atom is 0.324 e. The molecule has 3 saturated carbocycles. The number of rotatable bonds is 35. The number of amides is 3. The van der Waals surface area contributed by atoms with E-state index in [0.717, 1.165) is 113 Å². The summed E-state index contributed by atoms with van der Waals surface area (Å²) < 4.78 is 118. The lowest BCUT2D eigenvalue weighted by molar-refractivity contribution is -0.150. The number of anilines is 3. The summed E-state index contributed by atoms with van der Waals surface area (Å²) >= 11 is 3.59. The van der Waals surface area contributed by atoms with Crippen LogP contribution in [0.2, 0.25) is 0 Å². The summed E-state index contributed by atoms with van der Waals surface area (Å²) in [4.78, 5) is 126. The Hall–Kier alpha value is -12.4. The fourth-order valence-corrected chi connectivity index (χ4v) is 18.7. The van der Waals surface area contributed by atoms with E-state index in [1.54, 1.807) is 55.0 Å². The molecule has 3 aliphatic carbocycles. The smallest absolute Gasteiger partial charge is 0.324 e. The second-order valence-corrected chi connectivity index (χ2v) is 37.3. The van der Waals surface area contributed by atoms with Crippen LogP contribution in [0.1, 0.15) is 238 Å². The van der Waals surface area contributed by atoms with E-state index in [1.165, 1.54) is 92.9 Å². The number of thiazole rings is 3. The molecule has 3 amide bonds. The van der Waals surface area contributed by atoms with Crippen molar-refractivity contribution in [2.24, 2.45) is 35.3 Å². The number of pyridine rings is 3. The Morgan fingerprint density at radius 1 is 0.426 bits per heavy atom. The number of nitrogens with zero attached hydrogens (tertiary/aromatic N) is 18. The minimum atomic E-state index is -0.875. The average Bonchev–Trinajstić information content (AvgIpc) is 1.64. The Morgan fingerprint density at radius 3 is 1.04 bits per heavy atom. The third-order valence-corrected chi connectivity index (χ3v) is 25.8. The van der Waals surface area contributed by atoms with Crippen molar-refractivity contribution < 1.29 is 83.6 Å². The van der Waals surface area contributed by atoms with E-state index in [1.807, 2.05) is 62.3 Å². The van der Waals surface area contributed by atoms with Gasteiger partial charge in [0.05, 0.1) is 72.1 Å². The van der Waals surface area contributed by atoms with Gasteiger partial charge in [-0.15, -0.1) is 34.0 Å². The highest BCUT2D eigenvalue weighted by atomic mass is 32.1. The Labute approximate surface area is 791 Å². The van der Waals surface area contributed by atoms with Gasteiger partial charge in [-0.3, -0.25) is 42.8 Å². The molecule has 12 aromatic heterocycles. The summed E-state index contributed by atoms with van der Waals surface area (Å²) in [5, 5.41) is 40.6. The molecular weight excluding hydrogens is 1830 g/mol. The molecule has 0 radical (unpaired) electrons. The summed E-state index contributed by atoms with van der Waals surface area (Å²) in [6, 6.07) is 4.91. The number of nitrogens with two attached hydrogens (primary N) is 1. The van der Waals surface area contributed by atoms with Crippen LogP contribution >= 0.6 is 34.0 Å². The zero-order valence-electron chi connectivity index (χ0n) is 77.0. The van der Waals surface area contributed by atoms with Gasteiger partial charge in [-0.1, -0.05) is 41.5 Å². The predicted octanol–water partition coefficient (Wildman–Crippen LogP) is 18.0. The molecule has 3 aliphatic rings. The molecule has 722 valence electrons. The van der Waals surface area contributed by atoms with Crippen LogP contribution in [0.4, 0.5) is 43.4 Å². The quantitative estimate of drug-likeness (QED) is 0.0163. The summed E-state index contributed by atoms with van der Waals surface area (Å²) in [5.41, 5.74) is 7.40. The minimum Gasteiger partial charge on any atom is -0.441 e. The molecule has 0 saturated heterocycles. The lowest BCUT2D eigenvalue weighted by Crippen LogP contribution is -2.37. The molecule has 0 bridgehead atoms. The molecular formula is C93H108F6N22O12S3. The third-order valence-electron chi connectivity index (χ3n) is 23.1. The number of ketones is 2. The van der Waals surface area contributed by atoms with Crippen molar-refractivity contribution in [3.8, 4) is 65.9 Å². The van der Waals surface area contributed by atoms with E-state index in [2.05, 4.69) is 76.4 Å². The first-order valence-electron chi connectivity index (χ1n) is 45.2. The van der Waals surface area contributed by atoms with Gasteiger partial charge >= 0.3 is 5.97 Å². The monoisotopic (exact) mass is 1930 g/mol. The van der Waals surface area contributed by atoms with E-state index in [0.29, 0.717) is 64.4 Å². The van der Waals surface area contributed by atoms with Crippen molar-refractivity contribution >= 4 is 98.1 Å². The maximum atomic E-state index is 14.8. The molecule has 136 heavy (non-hydrogen) atoms. The number of aromatic nitrogens is 18. The number of carbonyl (C=O) groups excluding carboxylic acids is 8. The molecule has 3 atom stereocenters. The first-order valence-corrected chi connectivity index (χ1v) is 47.8. The molecule has 0 aromatic carbocycles.